The molecule has 0 saturated carbocycles. The molecule has 0 aliphatic heterocycles. The SMILES string of the molecule is CCCC(c1cc2c([c-]c1C)Cc1cc(C)c(C(CCC)C(C)(C)c3ccccc3)cc1-2)C(C)(C)c1ccccc1.CCCC[C](=[Zr+2])CCCC.[C-]1=CC=CC1.[Cl-].[Cl-]. The smallest absolute Gasteiger partial charge is 0.109 e. The molecule has 0 amide bonds. The number of hydrogen-bond donors (Lipinski definition) is 0. The first-order valence-electron chi connectivity index (χ1n) is 22.0. The Labute approximate surface area is 383 Å². The zero-order chi connectivity index (χ0) is 40.7. The van der Waals surface area contributed by atoms with Crippen molar-refractivity contribution in [1.29, 1.82) is 0 Å². The summed E-state index contributed by atoms with van der Waals surface area (Å²) >= 11 is 1.67. The second kappa shape index (κ2) is 25.5. The molecule has 4 aromatic rings. The van der Waals surface area contributed by atoms with Gasteiger partial charge in [0, 0.05) is 0 Å². The van der Waals surface area contributed by atoms with Crippen molar-refractivity contribution in [2.24, 2.45) is 0 Å². The van der Waals surface area contributed by atoms with Crippen molar-refractivity contribution >= 4 is 3.21 Å². The van der Waals surface area contributed by atoms with Crippen molar-refractivity contribution in [2.75, 3.05) is 0 Å². The molecular weight excluding hydrogens is 823 g/mol. The molecule has 0 saturated heterocycles. The van der Waals surface area contributed by atoms with Crippen molar-refractivity contribution in [3.8, 4) is 11.1 Å². The third kappa shape index (κ3) is 13.6. The second-order valence-corrected chi connectivity index (χ2v) is 19.2. The van der Waals surface area contributed by atoms with Gasteiger partial charge in [0.05, 0.1) is 0 Å². The zero-order valence-electron chi connectivity index (χ0n) is 37.6. The van der Waals surface area contributed by atoms with Crippen molar-refractivity contribution in [1.82, 2.24) is 0 Å². The number of unbranched alkanes of at least 4 members (excludes halogenated alkanes) is 2. The molecular formula is C55H72Cl2Zr-2. The van der Waals surface area contributed by atoms with E-state index in [1.807, 2.05) is 12.2 Å². The second-order valence-electron chi connectivity index (χ2n) is 17.5. The van der Waals surface area contributed by atoms with E-state index in [4.69, 9.17) is 0 Å². The van der Waals surface area contributed by atoms with Crippen LogP contribution in [0.3, 0.4) is 0 Å². The predicted octanol–water partition coefficient (Wildman–Crippen LogP) is 9.80. The third-order valence-electron chi connectivity index (χ3n) is 12.5. The molecule has 0 N–H and O–H groups in total. The van der Waals surface area contributed by atoms with E-state index in [9.17, 15) is 0 Å². The Balaban J connectivity index is 0.000000576. The molecule has 2 aliphatic rings. The van der Waals surface area contributed by atoms with Crippen molar-refractivity contribution in [3.05, 3.63) is 154 Å². The number of rotatable bonds is 16. The third-order valence-corrected chi connectivity index (χ3v) is 13.7. The average molecular weight is 895 g/mol. The van der Waals surface area contributed by atoms with Gasteiger partial charge in [0.15, 0.2) is 0 Å². The van der Waals surface area contributed by atoms with Gasteiger partial charge in [0.25, 0.3) is 0 Å². The first-order valence-corrected chi connectivity index (χ1v) is 23.2. The normalized spacial score (nSPS) is 13.4. The molecule has 0 nitrogen and oxygen atoms in total. The summed E-state index contributed by atoms with van der Waals surface area (Å²) in [5, 5.41) is 0. The number of benzene rings is 4. The number of hydrogen-bond acceptors (Lipinski definition) is 0. The van der Waals surface area contributed by atoms with Gasteiger partial charge in [-0.2, -0.15) is 23.8 Å². The van der Waals surface area contributed by atoms with Crippen LogP contribution in [-0.2, 0) is 41.5 Å². The van der Waals surface area contributed by atoms with Gasteiger partial charge in [0.1, 0.15) is 0 Å². The molecule has 0 spiro atoms. The maximum atomic E-state index is 3.92. The maximum Gasteiger partial charge on any atom is -0.109 e. The van der Waals surface area contributed by atoms with Crippen LogP contribution in [0.5, 0.6) is 0 Å². The first-order chi connectivity index (χ1) is 26.9. The van der Waals surface area contributed by atoms with Gasteiger partial charge in [-0.1, -0.05) is 152 Å². The molecule has 2 atom stereocenters. The number of aryl methyl sites for hydroxylation is 2. The van der Waals surface area contributed by atoms with E-state index in [2.05, 4.69) is 166 Å². The minimum absolute atomic E-state index is 0. The van der Waals surface area contributed by atoms with Crippen LogP contribution in [0.4, 0.5) is 0 Å². The summed E-state index contributed by atoms with van der Waals surface area (Å²) in [6, 6.07) is 33.8. The molecule has 0 fully saturated rings. The largest absolute Gasteiger partial charge is 1.00 e. The molecule has 2 unspecified atom stereocenters. The summed E-state index contributed by atoms with van der Waals surface area (Å²) in [7, 11) is 0. The van der Waals surface area contributed by atoms with Crippen LogP contribution in [0, 0.1) is 26.0 Å². The minimum atomic E-state index is 0. The Hall–Kier alpha value is -2.31. The standard InChI is InChI=1S/C41H49.C9H18.C5H5.2ClH.Zr/c1-9-17-38(40(5,6)32-19-13-11-14-20-32)34-26-36-30(23-28(34)3)25-31-24-29(4)35(27-37(31)36)39(18-10-2)41(7,8)33-21-15-12-16-22-33;1-3-5-7-9-8-6-4-2;1-2-4-5-3-1;;;/h11-16,19-23,26-27,38-39H,9-10,17-18,25H2,1-8H3;3-8H2,1-2H3;1-3H,4H2;2*1H;/q-1;;-1;;;+2/p-2. The van der Waals surface area contributed by atoms with Gasteiger partial charge >= 0.3 is 79.8 Å². The average Bonchev–Trinajstić information content (AvgIpc) is 3.90. The van der Waals surface area contributed by atoms with Gasteiger partial charge in [-0.05, 0) is 64.3 Å². The molecule has 0 radical (unpaired) electrons. The minimum Gasteiger partial charge on any atom is -1.00 e. The fourth-order valence-corrected chi connectivity index (χ4v) is 9.85. The summed E-state index contributed by atoms with van der Waals surface area (Å²) < 4.78 is 1.79. The fraction of sp³-hybridized carbons (Fsp3) is 0.473. The van der Waals surface area contributed by atoms with Crippen molar-refractivity contribution in [3.63, 3.8) is 0 Å². The van der Waals surface area contributed by atoms with Crippen LogP contribution >= 0.6 is 0 Å². The van der Waals surface area contributed by atoms with Crippen LogP contribution in [-0.4, -0.2) is 3.21 Å². The molecule has 0 aromatic heterocycles. The summed E-state index contributed by atoms with van der Waals surface area (Å²) in [6.07, 6.45) is 24.0. The molecule has 0 bridgehead atoms. The maximum absolute atomic E-state index is 3.92. The van der Waals surface area contributed by atoms with Gasteiger partial charge in [-0.15, -0.1) is 23.1 Å². The quantitative estimate of drug-likeness (QED) is 0.0867. The van der Waals surface area contributed by atoms with E-state index in [1.54, 1.807) is 27.4 Å². The van der Waals surface area contributed by atoms with Crippen LogP contribution in [0.1, 0.15) is 182 Å². The molecule has 0 heterocycles. The monoisotopic (exact) mass is 892 g/mol. The molecule has 312 valence electrons. The Morgan fingerprint density at radius 3 is 1.60 bits per heavy atom. The fourth-order valence-electron chi connectivity index (χ4n) is 8.98. The number of allylic oxidation sites excluding steroid dienone is 4. The van der Waals surface area contributed by atoms with E-state index < -0.39 is 0 Å². The van der Waals surface area contributed by atoms with Crippen molar-refractivity contribution in [2.45, 2.75) is 169 Å². The Morgan fingerprint density at radius 1 is 0.672 bits per heavy atom. The summed E-state index contributed by atoms with van der Waals surface area (Å²) in [5.41, 5.74) is 14.4. The summed E-state index contributed by atoms with van der Waals surface area (Å²) in [4.78, 5) is 0. The van der Waals surface area contributed by atoms with Crippen LogP contribution in [0.15, 0.2) is 97.1 Å². The molecule has 58 heavy (non-hydrogen) atoms. The van der Waals surface area contributed by atoms with E-state index in [0.29, 0.717) is 11.8 Å². The molecule has 2 aliphatic carbocycles. The first kappa shape index (κ1) is 51.8. The van der Waals surface area contributed by atoms with Gasteiger partial charge in [-0.3, -0.25) is 6.08 Å². The number of fused-ring (bicyclic) bond motifs is 3. The Kier molecular flexibility index (Phi) is 22.8. The van der Waals surface area contributed by atoms with E-state index in [-0.39, 0.29) is 35.6 Å². The predicted molar refractivity (Wildman–Crippen MR) is 243 cm³/mol. The number of halogens is 2. The molecule has 6 rings (SSSR count). The topological polar surface area (TPSA) is 0 Å². The van der Waals surface area contributed by atoms with Crippen LogP contribution in [0.2, 0.25) is 0 Å². The Bertz CT molecular complexity index is 1750. The van der Waals surface area contributed by atoms with E-state index >= 15 is 0 Å². The molecule has 4 aromatic carbocycles. The zero-order valence-corrected chi connectivity index (χ0v) is 41.6. The summed E-state index contributed by atoms with van der Waals surface area (Å²) in [6.45, 7) is 23.6. The van der Waals surface area contributed by atoms with Gasteiger partial charge in [0.2, 0.25) is 0 Å². The van der Waals surface area contributed by atoms with Gasteiger partial charge in [-0.25, -0.2) is 12.2 Å². The van der Waals surface area contributed by atoms with Crippen molar-refractivity contribution < 1.29 is 49.0 Å². The van der Waals surface area contributed by atoms with Crippen LogP contribution in [0.25, 0.3) is 11.1 Å². The van der Waals surface area contributed by atoms with Crippen LogP contribution < -0.4 is 24.8 Å². The van der Waals surface area contributed by atoms with E-state index in [0.717, 1.165) is 12.8 Å². The van der Waals surface area contributed by atoms with Gasteiger partial charge < -0.3 is 24.8 Å². The summed E-state index contributed by atoms with van der Waals surface area (Å²) in [5.74, 6) is 0.901. The Morgan fingerprint density at radius 2 is 1.17 bits per heavy atom. The molecule has 3 heteroatoms. The van der Waals surface area contributed by atoms with E-state index in [1.165, 1.54) is 120 Å².